The van der Waals surface area contributed by atoms with Crippen molar-refractivity contribution in [3.05, 3.63) is 41.1 Å². The number of hydrogen-bond donors (Lipinski definition) is 3. The first-order valence-corrected chi connectivity index (χ1v) is 11.2. The molecule has 1 aliphatic rings. The fourth-order valence-electron chi connectivity index (χ4n) is 3.87. The number of carbonyl (C=O) groups is 1. The molecule has 0 radical (unpaired) electrons. The SMILES string of the molecule is COCCNC(=O)c1nc2c(NCC3CCNCC3)nc(-c3ccnc(Cl)c3)cn2c1C. The number of fused-ring (bicyclic) bond motifs is 1. The molecule has 4 heterocycles. The number of aryl methyl sites for hydroxylation is 1. The Morgan fingerprint density at radius 1 is 1.34 bits per heavy atom. The molecule has 0 aromatic carbocycles. The minimum atomic E-state index is -0.235. The van der Waals surface area contributed by atoms with E-state index in [0.29, 0.717) is 41.4 Å². The molecule has 0 atom stereocenters. The van der Waals surface area contributed by atoms with Crippen LogP contribution >= 0.6 is 11.6 Å². The number of halogens is 1. The lowest BCUT2D eigenvalue weighted by atomic mass is 9.98. The third kappa shape index (κ3) is 5.01. The van der Waals surface area contributed by atoms with Crippen molar-refractivity contribution in [2.45, 2.75) is 19.8 Å². The minimum absolute atomic E-state index is 0.235. The smallest absolute Gasteiger partial charge is 0.271 e. The normalized spacial score (nSPS) is 14.6. The van der Waals surface area contributed by atoms with Crippen LogP contribution in [0.4, 0.5) is 5.82 Å². The number of rotatable bonds is 8. The number of anilines is 1. The summed E-state index contributed by atoms with van der Waals surface area (Å²) >= 11 is 6.11. The van der Waals surface area contributed by atoms with Gasteiger partial charge in [-0.1, -0.05) is 11.6 Å². The maximum absolute atomic E-state index is 12.7. The molecule has 1 amide bonds. The van der Waals surface area contributed by atoms with Crippen LogP contribution in [0, 0.1) is 12.8 Å². The van der Waals surface area contributed by atoms with Crippen molar-refractivity contribution in [3.8, 4) is 11.3 Å². The van der Waals surface area contributed by atoms with Crippen LogP contribution < -0.4 is 16.0 Å². The average molecular weight is 458 g/mol. The number of carbonyl (C=O) groups excluding carboxylic acids is 1. The van der Waals surface area contributed by atoms with Crippen LogP contribution in [0.3, 0.4) is 0 Å². The zero-order chi connectivity index (χ0) is 22.5. The number of nitrogens with zero attached hydrogens (tertiary/aromatic N) is 4. The van der Waals surface area contributed by atoms with Crippen LogP contribution in [0.15, 0.2) is 24.5 Å². The van der Waals surface area contributed by atoms with Crippen molar-refractivity contribution in [1.29, 1.82) is 0 Å². The van der Waals surface area contributed by atoms with Crippen LogP contribution in [-0.4, -0.2) is 65.2 Å². The second-order valence-electron chi connectivity index (χ2n) is 7.90. The molecule has 4 rings (SSSR count). The van der Waals surface area contributed by atoms with E-state index in [0.717, 1.165) is 49.4 Å². The lowest BCUT2D eigenvalue weighted by Gasteiger charge is -2.23. The van der Waals surface area contributed by atoms with Crippen LogP contribution in [0.1, 0.15) is 29.0 Å². The monoisotopic (exact) mass is 457 g/mol. The number of methoxy groups -OCH3 is 1. The van der Waals surface area contributed by atoms with Gasteiger partial charge in [-0.25, -0.2) is 15.0 Å². The van der Waals surface area contributed by atoms with E-state index in [1.54, 1.807) is 19.4 Å². The predicted molar refractivity (Wildman–Crippen MR) is 124 cm³/mol. The zero-order valence-corrected chi connectivity index (χ0v) is 19.1. The van der Waals surface area contributed by atoms with Gasteiger partial charge in [-0.05, 0) is 50.9 Å². The molecule has 0 spiro atoms. The van der Waals surface area contributed by atoms with Crippen molar-refractivity contribution in [2.24, 2.45) is 5.92 Å². The van der Waals surface area contributed by atoms with Crippen molar-refractivity contribution in [2.75, 3.05) is 45.2 Å². The molecule has 0 aliphatic carbocycles. The molecule has 1 aliphatic heterocycles. The molecule has 3 aromatic rings. The van der Waals surface area contributed by atoms with Crippen LogP contribution in [0.25, 0.3) is 16.9 Å². The summed E-state index contributed by atoms with van der Waals surface area (Å²) in [5.41, 5.74) is 3.30. The van der Waals surface area contributed by atoms with E-state index < -0.39 is 0 Å². The Morgan fingerprint density at radius 2 is 2.16 bits per heavy atom. The van der Waals surface area contributed by atoms with E-state index >= 15 is 0 Å². The van der Waals surface area contributed by atoms with Gasteiger partial charge in [0, 0.05) is 38.2 Å². The third-order valence-electron chi connectivity index (χ3n) is 5.69. The average Bonchev–Trinajstić information content (AvgIpc) is 3.15. The molecule has 3 N–H and O–H groups in total. The maximum Gasteiger partial charge on any atom is 0.271 e. The Bertz CT molecular complexity index is 1100. The molecule has 0 bridgehead atoms. The Morgan fingerprint density at radius 3 is 2.91 bits per heavy atom. The summed E-state index contributed by atoms with van der Waals surface area (Å²) < 4.78 is 6.93. The number of amides is 1. The Hall–Kier alpha value is -2.75. The number of ether oxygens (including phenoxy) is 1. The van der Waals surface area contributed by atoms with E-state index in [-0.39, 0.29) is 5.91 Å². The highest BCUT2D eigenvalue weighted by Crippen LogP contribution is 2.26. The Balaban J connectivity index is 1.71. The molecule has 0 saturated carbocycles. The Kier molecular flexibility index (Phi) is 7.19. The zero-order valence-electron chi connectivity index (χ0n) is 18.3. The summed E-state index contributed by atoms with van der Waals surface area (Å²) in [7, 11) is 1.60. The van der Waals surface area contributed by atoms with Gasteiger partial charge in [0.1, 0.15) is 10.8 Å². The summed E-state index contributed by atoms with van der Waals surface area (Å²) in [4.78, 5) is 26.3. The molecule has 170 valence electrons. The molecule has 3 aromatic heterocycles. The number of hydrogen-bond acceptors (Lipinski definition) is 7. The number of aromatic nitrogens is 4. The van der Waals surface area contributed by atoms with Crippen molar-refractivity contribution in [3.63, 3.8) is 0 Å². The highest BCUT2D eigenvalue weighted by atomic mass is 35.5. The van der Waals surface area contributed by atoms with Crippen LogP contribution in [0.2, 0.25) is 5.15 Å². The van der Waals surface area contributed by atoms with Gasteiger partial charge in [-0.2, -0.15) is 0 Å². The van der Waals surface area contributed by atoms with Crippen LogP contribution in [-0.2, 0) is 4.74 Å². The first-order chi connectivity index (χ1) is 15.6. The quantitative estimate of drug-likeness (QED) is 0.352. The molecular weight excluding hydrogens is 430 g/mol. The van der Waals surface area contributed by atoms with E-state index in [1.165, 1.54) is 0 Å². The minimum Gasteiger partial charge on any atom is -0.383 e. The maximum atomic E-state index is 12.7. The lowest BCUT2D eigenvalue weighted by Crippen LogP contribution is -2.31. The molecule has 10 heteroatoms. The lowest BCUT2D eigenvalue weighted by molar-refractivity contribution is 0.0932. The molecule has 1 saturated heterocycles. The van der Waals surface area contributed by atoms with Gasteiger partial charge in [0.25, 0.3) is 5.91 Å². The van der Waals surface area contributed by atoms with Crippen molar-refractivity contribution >= 4 is 29.0 Å². The highest BCUT2D eigenvalue weighted by molar-refractivity contribution is 6.29. The summed E-state index contributed by atoms with van der Waals surface area (Å²) in [6.45, 7) is 5.59. The molecule has 0 unspecified atom stereocenters. The highest BCUT2D eigenvalue weighted by Gasteiger charge is 2.21. The van der Waals surface area contributed by atoms with Gasteiger partial charge >= 0.3 is 0 Å². The fraction of sp³-hybridized carbons (Fsp3) is 0.455. The molecule has 9 nitrogen and oxygen atoms in total. The number of nitrogens with one attached hydrogen (secondary N) is 3. The van der Waals surface area contributed by atoms with E-state index in [4.69, 9.17) is 21.3 Å². The largest absolute Gasteiger partial charge is 0.383 e. The molecule has 1 fully saturated rings. The summed E-state index contributed by atoms with van der Waals surface area (Å²) in [6, 6.07) is 3.64. The second kappa shape index (κ2) is 10.2. The third-order valence-corrected chi connectivity index (χ3v) is 5.90. The van der Waals surface area contributed by atoms with Gasteiger partial charge in [0.2, 0.25) is 0 Å². The second-order valence-corrected chi connectivity index (χ2v) is 8.29. The molecule has 32 heavy (non-hydrogen) atoms. The number of imidazole rings is 1. The Labute approximate surface area is 192 Å². The standard InChI is InChI=1S/C22H28ClN7O2/c1-14-19(22(31)26-9-10-32-2)29-21-20(27-12-15-3-6-24-7-4-15)28-17(13-30(14)21)16-5-8-25-18(23)11-16/h5,8,11,13,15,24H,3-4,6-7,9-10,12H2,1-2H3,(H,26,31)(H,27,28). The van der Waals surface area contributed by atoms with Crippen molar-refractivity contribution < 1.29 is 9.53 Å². The summed E-state index contributed by atoms with van der Waals surface area (Å²) in [5, 5.41) is 10.1. The van der Waals surface area contributed by atoms with Crippen molar-refractivity contribution in [1.82, 2.24) is 30.0 Å². The first kappa shape index (κ1) is 22.4. The van der Waals surface area contributed by atoms with E-state index in [1.807, 2.05) is 23.6 Å². The molecular formula is C22H28ClN7O2. The van der Waals surface area contributed by atoms with Gasteiger partial charge in [-0.15, -0.1) is 0 Å². The first-order valence-electron chi connectivity index (χ1n) is 10.8. The number of piperidine rings is 1. The van der Waals surface area contributed by atoms with Crippen LogP contribution in [0.5, 0.6) is 0 Å². The van der Waals surface area contributed by atoms with Gasteiger partial charge in [-0.3, -0.25) is 9.20 Å². The number of pyridine rings is 1. The van der Waals surface area contributed by atoms with Gasteiger partial charge < -0.3 is 20.7 Å². The fourth-order valence-corrected chi connectivity index (χ4v) is 4.05. The van der Waals surface area contributed by atoms with Gasteiger partial charge in [0.15, 0.2) is 11.5 Å². The van der Waals surface area contributed by atoms with E-state index in [2.05, 4.69) is 25.9 Å². The summed E-state index contributed by atoms with van der Waals surface area (Å²) in [5.74, 6) is 0.971. The summed E-state index contributed by atoms with van der Waals surface area (Å²) in [6.07, 6.45) is 5.76. The van der Waals surface area contributed by atoms with Gasteiger partial charge in [0.05, 0.1) is 18.0 Å². The predicted octanol–water partition coefficient (Wildman–Crippen LogP) is 2.54. The topological polar surface area (TPSA) is 105 Å². The van der Waals surface area contributed by atoms with E-state index in [9.17, 15) is 4.79 Å².